The Bertz CT molecular complexity index is 1860. The molecule has 2 atom stereocenters. The lowest BCUT2D eigenvalue weighted by molar-refractivity contribution is -0.123. The van der Waals surface area contributed by atoms with Gasteiger partial charge in [-0.15, -0.1) is 10.2 Å². The third kappa shape index (κ3) is 5.46. The summed E-state index contributed by atoms with van der Waals surface area (Å²) in [5.41, 5.74) is 6.88. The Hall–Kier alpha value is -4.69. The van der Waals surface area contributed by atoms with Gasteiger partial charge in [0.25, 0.3) is 0 Å². The molecule has 43 heavy (non-hydrogen) atoms. The number of aromatic amines is 2. The largest absolute Gasteiger partial charge is 0.361 e. The van der Waals surface area contributed by atoms with E-state index >= 15 is 0 Å². The van der Waals surface area contributed by atoms with Crippen molar-refractivity contribution in [2.45, 2.75) is 57.5 Å². The number of nitrogens with one attached hydrogen (secondary N) is 4. The third-order valence-corrected chi connectivity index (χ3v) is 8.75. The molecule has 6 aromatic rings. The number of aryl methyl sites for hydroxylation is 3. The van der Waals surface area contributed by atoms with Crippen LogP contribution >= 0.6 is 0 Å². The summed E-state index contributed by atoms with van der Waals surface area (Å²) in [4.78, 5) is 20.3. The SMILES string of the molecule is CCc1ccc(-n2c(CCc3c[nH]c4ccccc34)nnc2[C@@H](Cc2c[nH]c3ccccc23)NC(=O)[C@@H]2CCCN2)cc1. The zero-order valence-electron chi connectivity index (χ0n) is 24.4. The van der Waals surface area contributed by atoms with Crippen LogP contribution in [0.2, 0.25) is 0 Å². The molecule has 0 unspecified atom stereocenters. The second-order valence-electron chi connectivity index (χ2n) is 11.5. The number of carbonyl (C=O) groups excluding carboxylic acids is 1. The first-order valence-electron chi connectivity index (χ1n) is 15.3. The van der Waals surface area contributed by atoms with E-state index in [1.807, 2.05) is 12.3 Å². The second kappa shape index (κ2) is 11.9. The minimum atomic E-state index is -0.366. The van der Waals surface area contributed by atoms with Gasteiger partial charge in [0.15, 0.2) is 5.82 Å². The summed E-state index contributed by atoms with van der Waals surface area (Å²) in [6.07, 6.45) is 9.08. The molecular weight excluding hydrogens is 534 g/mol. The molecule has 218 valence electrons. The molecule has 7 rings (SSSR count). The molecule has 8 nitrogen and oxygen atoms in total. The molecule has 1 amide bonds. The maximum Gasteiger partial charge on any atom is 0.237 e. The van der Waals surface area contributed by atoms with Crippen LogP contribution in [-0.2, 0) is 30.5 Å². The first kappa shape index (κ1) is 27.2. The number of aromatic nitrogens is 5. The third-order valence-electron chi connectivity index (χ3n) is 8.75. The van der Waals surface area contributed by atoms with Crippen molar-refractivity contribution in [3.05, 3.63) is 114 Å². The van der Waals surface area contributed by atoms with Crippen LogP contribution in [0.5, 0.6) is 0 Å². The van der Waals surface area contributed by atoms with Crippen molar-refractivity contribution in [3.8, 4) is 5.69 Å². The Morgan fingerprint density at radius 2 is 1.60 bits per heavy atom. The summed E-state index contributed by atoms with van der Waals surface area (Å²) >= 11 is 0. The molecule has 1 fully saturated rings. The van der Waals surface area contributed by atoms with Gasteiger partial charge in [-0.25, -0.2) is 0 Å². The maximum absolute atomic E-state index is 13.5. The van der Waals surface area contributed by atoms with Crippen molar-refractivity contribution in [3.63, 3.8) is 0 Å². The summed E-state index contributed by atoms with van der Waals surface area (Å²) < 4.78 is 2.16. The van der Waals surface area contributed by atoms with E-state index in [1.165, 1.54) is 16.5 Å². The van der Waals surface area contributed by atoms with Crippen molar-refractivity contribution in [1.29, 1.82) is 0 Å². The summed E-state index contributed by atoms with van der Waals surface area (Å²) in [5.74, 6) is 1.63. The van der Waals surface area contributed by atoms with Crippen LogP contribution in [0.1, 0.15) is 54.1 Å². The summed E-state index contributed by atoms with van der Waals surface area (Å²) in [6.45, 7) is 3.03. The number of H-pyrrole nitrogens is 2. The van der Waals surface area contributed by atoms with E-state index in [4.69, 9.17) is 10.2 Å². The van der Waals surface area contributed by atoms with Crippen LogP contribution in [0.4, 0.5) is 0 Å². The minimum absolute atomic E-state index is 0.0126. The number of carbonyl (C=O) groups is 1. The number of amides is 1. The molecule has 4 N–H and O–H groups in total. The van der Waals surface area contributed by atoms with Gasteiger partial charge in [0.2, 0.25) is 5.91 Å². The van der Waals surface area contributed by atoms with Crippen LogP contribution in [0, 0.1) is 0 Å². The molecular formula is C35H37N7O. The lowest BCUT2D eigenvalue weighted by atomic mass is 10.0. The Kier molecular flexibility index (Phi) is 7.51. The van der Waals surface area contributed by atoms with E-state index in [-0.39, 0.29) is 18.0 Å². The molecule has 0 spiro atoms. The monoisotopic (exact) mass is 571 g/mol. The number of nitrogens with zero attached hydrogens (tertiary/aromatic N) is 3. The van der Waals surface area contributed by atoms with E-state index in [2.05, 4.69) is 105 Å². The molecule has 0 saturated carbocycles. The highest BCUT2D eigenvalue weighted by Crippen LogP contribution is 2.28. The van der Waals surface area contributed by atoms with Crippen LogP contribution < -0.4 is 10.6 Å². The van der Waals surface area contributed by atoms with Crippen LogP contribution in [0.25, 0.3) is 27.5 Å². The topological polar surface area (TPSA) is 103 Å². The van der Waals surface area contributed by atoms with Crippen molar-refractivity contribution in [1.82, 2.24) is 35.4 Å². The first-order chi connectivity index (χ1) is 21.2. The Morgan fingerprint density at radius 1 is 0.907 bits per heavy atom. The standard InChI is InChI=1S/C35H37N7O/c1-2-23-13-16-26(17-14-23)42-33(18-15-24-21-37-29-10-5-3-8-27(24)29)40-41-34(42)32(39-35(43)31-12-7-19-36-31)20-25-22-38-30-11-6-4-9-28(25)30/h3-6,8-11,13-14,16-17,21-22,31-32,36-38H,2,7,12,15,18-20H2,1H3,(H,39,43)/t31-,32+/m0/s1. The molecule has 1 saturated heterocycles. The first-order valence-corrected chi connectivity index (χ1v) is 15.3. The molecule has 8 heteroatoms. The van der Waals surface area contributed by atoms with Gasteiger partial charge in [-0.2, -0.15) is 0 Å². The highest BCUT2D eigenvalue weighted by atomic mass is 16.2. The fourth-order valence-corrected chi connectivity index (χ4v) is 6.37. The Morgan fingerprint density at radius 3 is 2.30 bits per heavy atom. The summed E-state index contributed by atoms with van der Waals surface area (Å²) in [5, 5.41) is 18.7. The lowest BCUT2D eigenvalue weighted by Gasteiger charge is -2.22. The summed E-state index contributed by atoms with van der Waals surface area (Å²) in [6, 6.07) is 24.7. The minimum Gasteiger partial charge on any atom is -0.361 e. The van der Waals surface area contributed by atoms with E-state index in [1.54, 1.807) is 0 Å². The fourth-order valence-electron chi connectivity index (χ4n) is 6.37. The molecule has 1 aliphatic rings. The highest BCUT2D eigenvalue weighted by Gasteiger charge is 2.29. The molecule has 4 heterocycles. The van der Waals surface area contributed by atoms with Crippen molar-refractivity contribution < 1.29 is 4.79 Å². The number of benzene rings is 3. The van der Waals surface area contributed by atoms with E-state index in [9.17, 15) is 4.79 Å². The van der Waals surface area contributed by atoms with Gasteiger partial charge >= 0.3 is 0 Å². The number of hydrogen-bond acceptors (Lipinski definition) is 4. The van der Waals surface area contributed by atoms with Gasteiger partial charge in [-0.3, -0.25) is 9.36 Å². The molecule has 0 bridgehead atoms. The zero-order chi connectivity index (χ0) is 29.2. The molecule has 1 aliphatic heterocycles. The molecule has 0 radical (unpaired) electrons. The predicted octanol–water partition coefficient (Wildman–Crippen LogP) is 5.73. The second-order valence-corrected chi connectivity index (χ2v) is 11.5. The number of rotatable bonds is 10. The average molecular weight is 572 g/mol. The molecule has 3 aromatic heterocycles. The van der Waals surface area contributed by atoms with E-state index < -0.39 is 0 Å². The maximum atomic E-state index is 13.5. The summed E-state index contributed by atoms with van der Waals surface area (Å²) in [7, 11) is 0. The fraction of sp³-hybridized carbons (Fsp3) is 0.286. The van der Waals surface area contributed by atoms with Gasteiger partial charge in [0.05, 0.1) is 12.1 Å². The van der Waals surface area contributed by atoms with Gasteiger partial charge in [-0.1, -0.05) is 55.5 Å². The van der Waals surface area contributed by atoms with Gasteiger partial charge < -0.3 is 20.6 Å². The van der Waals surface area contributed by atoms with Crippen molar-refractivity contribution >= 4 is 27.7 Å². The van der Waals surface area contributed by atoms with Crippen molar-refractivity contribution in [2.75, 3.05) is 6.54 Å². The van der Waals surface area contributed by atoms with Gasteiger partial charge in [0, 0.05) is 52.7 Å². The van der Waals surface area contributed by atoms with Crippen LogP contribution in [-0.4, -0.2) is 43.2 Å². The molecule has 0 aliphatic carbocycles. The van der Waals surface area contributed by atoms with Crippen molar-refractivity contribution in [2.24, 2.45) is 0 Å². The van der Waals surface area contributed by atoms with E-state index in [0.29, 0.717) is 12.8 Å². The Labute approximate surface area is 250 Å². The van der Waals surface area contributed by atoms with Gasteiger partial charge in [-0.05, 0) is 73.2 Å². The zero-order valence-corrected chi connectivity index (χ0v) is 24.4. The van der Waals surface area contributed by atoms with Crippen LogP contribution in [0.15, 0.2) is 85.2 Å². The predicted molar refractivity (Wildman–Crippen MR) is 170 cm³/mol. The lowest BCUT2D eigenvalue weighted by Crippen LogP contribution is -2.43. The number of para-hydroxylation sites is 2. The van der Waals surface area contributed by atoms with E-state index in [0.717, 1.165) is 71.5 Å². The normalized spacial score (nSPS) is 15.8. The average Bonchev–Trinajstić information content (AvgIpc) is 3.86. The highest BCUT2D eigenvalue weighted by molar-refractivity contribution is 5.85. The number of hydrogen-bond donors (Lipinski definition) is 4. The molecule has 3 aromatic carbocycles. The van der Waals surface area contributed by atoms with Gasteiger partial charge in [0.1, 0.15) is 5.82 Å². The quantitative estimate of drug-likeness (QED) is 0.169. The smallest absolute Gasteiger partial charge is 0.237 e. The number of fused-ring (bicyclic) bond motifs is 2. The Balaban J connectivity index is 1.28. The van der Waals surface area contributed by atoms with Crippen LogP contribution in [0.3, 0.4) is 0 Å².